The van der Waals surface area contributed by atoms with Gasteiger partial charge in [-0.15, -0.1) is 0 Å². The van der Waals surface area contributed by atoms with E-state index >= 15 is 0 Å². The highest BCUT2D eigenvalue weighted by atomic mass is 19.1. The van der Waals surface area contributed by atoms with Gasteiger partial charge in [0, 0.05) is 12.4 Å². The number of hydrogen-bond acceptors (Lipinski definition) is 3. The second-order valence-electron chi connectivity index (χ2n) is 1.40. The lowest BCUT2D eigenvalue weighted by molar-refractivity contribution is 0.112. The van der Waals surface area contributed by atoms with Crippen LogP contribution in [0.3, 0.4) is 0 Å². The van der Waals surface area contributed by atoms with Crippen LogP contribution in [0.1, 0.15) is 10.4 Å². The second-order valence-corrected chi connectivity index (χ2v) is 1.40. The van der Waals surface area contributed by atoms with Crippen molar-refractivity contribution in [2.75, 3.05) is 0 Å². The van der Waals surface area contributed by atoms with Crippen LogP contribution in [-0.4, -0.2) is 16.3 Å². The van der Waals surface area contributed by atoms with Crippen LogP contribution in [0, 0.1) is 6.08 Å². The van der Waals surface area contributed by atoms with Crippen molar-refractivity contribution in [1.82, 2.24) is 9.97 Å². The molecule has 0 bridgehead atoms. The third-order valence-corrected chi connectivity index (χ3v) is 0.776. The van der Waals surface area contributed by atoms with Crippen molar-refractivity contribution in [3.63, 3.8) is 0 Å². The summed E-state index contributed by atoms with van der Waals surface area (Å²) >= 11 is 0. The molecule has 0 spiro atoms. The molecular weight excluding hydrogens is 123 g/mol. The first-order valence-corrected chi connectivity index (χ1v) is 2.25. The SMILES string of the molecule is O=Cc1cnc(F)nc1. The molecule has 0 saturated heterocycles. The average Bonchev–Trinajstić information content (AvgIpc) is 1.90. The lowest BCUT2D eigenvalue weighted by Crippen LogP contribution is -1.89. The Morgan fingerprint density at radius 2 is 2.00 bits per heavy atom. The molecule has 1 aromatic heterocycles. The van der Waals surface area contributed by atoms with Crippen molar-refractivity contribution in [2.24, 2.45) is 0 Å². The van der Waals surface area contributed by atoms with E-state index < -0.39 is 6.08 Å². The van der Waals surface area contributed by atoms with E-state index in [1.165, 1.54) is 0 Å². The maximum Gasteiger partial charge on any atom is 0.308 e. The van der Waals surface area contributed by atoms with Gasteiger partial charge in [0.25, 0.3) is 0 Å². The van der Waals surface area contributed by atoms with Crippen LogP contribution in [0.4, 0.5) is 4.39 Å². The number of aromatic nitrogens is 2. The van der Waals surface area contributed by atoms with Crippen LogP contribution in [0.25, 0.3) is 0 Å². The Bertz CT molecular complexity index is 209. The molecule has 0 radical (unpaired) electrons. The Morgan fingerprint density at radius 3 is 2.44 bits per heavy atom. The Kier molecular flexibility index (Phi) is 1.48. The minimum Gasteiger partial charge on any atom is -0.298 e. The molecule has 1 aromatic rings. The predicted molar refractivity (Wildman–Crippen MR) is 27.4 cm³/mol. The molecular formula is C5H3FN2O. The molecule has 0 aromatic carbocycles. The normalized spacial score (nSPS) is 9.00. The zero-order chi connectivity index (χ0) is 6.69. The zero-order valence-corrected chi connectivity index (χ0v) is 4.41. The molecule has 3 nitrogen and oxygen atoms in total. The average molecular weight is 126 g/mol. The zero-order valence-electron chi connectivity index (χ0n) is 4.41. The van der Waals surface area contributed by atoms with Crippen LogP contribution in [0.5, 0.6) is 0 Å². The van der Waals surface area contributed by atoms with E-state index in [0.717, 1.165) is 12.4 Å². The summed E-state index contributed by atoms with van der Waals surface area (Å²) in [6, 6.07) is 0. The molecule has 1 rings (SSSR count). The Balaban J connectivity index is 3.01. The molecule has 0 fully saturated rings. The number of halogens is 1. The number of rotatable bonds is 1. The van der Waals surface area contributed by atoms with Crippen LogP contribution >= 0.6 is 0 Å². The highest BCUT2D eigenvalue weighted by Crippen LogP contribution is 1.88. The highest BCUT2D eigenvalue weighted by Gasteiger charge is 1.90. The quantitative estimate of drug-likeness (QED) is 0.404. The number of carbonyl (C=O) groups is 1. The van der Waals surface area contributed by atoms with Gasteiger partial charge in [-0.2, -0.15) is 4.39 Å². The van der Waals surface area contributed by atoms with Gasteiger partial charge in [-0.05, 0) is 0 Å². The van der Waals surface area contributed by atoms with Crippen molar-refractivity contribution in [3.05, 3.63) is 24.0 Å². The molecule has 1 heterocycles. The molecule has 9 heavy (non-hydrogen) atoms. The standard InChI is InChI=1S/C5H3FN2O/c6-5-7-1-4(3-9)2-8-5/h1-3H. The highest BCUT2D eigenvalue weighted by molar-refractivity contribution is 5.73. The Morgan fingerprint density at radius 1 is 1.44 bits per heavy atom. The molecule has 4 heteroatoms. The minimum atomic E-state index is -0.819. The van der Waals surface area contributed by atoms with Crippen LogP contribution in [0.2, 0.25) is 0 Å². The van der Waals surface area contributed by atoms with Gasteiger partial charge >= 0.3 is 6.08 Å². The van der Waals surface area contributed by atoms with Gasteiger partial charge in [0.15, 0.2) is 6.29 Å². The van der Waals surface area contributed by atoms with Crippen LogP contribution in [-0.2, 0) is 0 Å². The van der Waals surface area contributed by atoms with Gasteiger partial charge in [-0.25, -0.2) is 9.97 Å². The fourth-order valence-corrected chi connectivity index (χ4v) is 0.383. The Hall–Kier alpha value is -1.32. The summed E-state index contributed by atoms with van der Waals surface area (Å²) in [6.45, 7) is 0. The molecule has 0 saturated carbocycles. The smallest absolute Gasteiger partial charge is 0.298 e. The monoisotopic (exact) mass is 126 g/mol. The molecule has 0 aliphatic rings. The fraction of sp³-hybridized carbons (Fsp3) is 0. The van der Waals surface area contributed by atoms with E-state index in [-0.39, 0.29) is 5.56 Å². The summed E-state index contributed by atoms with van der Waals surface area (Å²) in [5.41, 5.74) is 0.274. The summed E-state index contributed by atoms with van der Waals surface area (Å²) in [7, 11) is 0. The van der Waals surface area contributed by atoms with E-state index in [4.69, 9.17) is 0 Å². The van der Waals surface area contributed by atoms with Gasteiger partial charge in [-0.3, -0.25) is 4.79 Å². The molecule has 0 aliphatic carbocycles. The summed E-state index contributed by atoms with van der Waals surface area (Å²) < 4.78 is 11.9. The topological polar surface area (TPSA) is 42.9 Å². The molecule has 0 amide bonds. The van der Waals surface area contributed by atoms with Gasteiger partial charge in [-0.1, -0.05) is 0 Å². The van der Waals surface area contributed by atoms with Crippen molar-refractivity contribution < 1.29 is 9.18 Å². The van der Waals surface area contributed by atoms with Gasteiger partial charge < -0.3 is 0 Å². The first-order chi connectivity index (χ1) is 4.33. The minimum absolute atomic E-state index is 0.274. The van der Waals surface area contributed by atoms with Gasteiger partial charge in [0.2, 0.25) is 0 Å². The largest absolute Gasteiger partial charge is 0.308 e. The van der Waals surface area contributed by atoms with E-state index in [1.54, 1.807) is 0 Å². The molecule has 0 N–H and O–H groups in total. The van der Waals surface area contributed by atoms with Crippen molar-refractivity contribution in [1.29, 1.82) is 0 Å². The molecule has 0 unspecified atom stereocenters. The van der Waals surface area contributed by atoms with E-state index in [2.05, 4.69) is 9.97 Å². The summed E-state index contributed by atoms with van der Waals surface area (Å²) in [4.78, 5) is 16.2. The maximum atomic E-state index is 11.9. The lowest BCUT2D eigenvalue weighted by atomic mass is 10.4. The lowest BCUT2D eigenvalue weighted by Gasteiger charge is -1.84. The van der Waals surface area contributed by atoms with Crippen LogP contribution in [0.15, 0.2) is 12.4 Å². The molecule has 46 valence electrons. The second kappa shape index (κ2) is 2.30. The van der Waals surface area contributed by atoms with E-state index in [1.807, 2.05) is 0 Å². The van der Waals surface area contributed by atoms with Gasteiger partial charge in [0.1, 0.15) is 0 Å². The third kappa shape index (κ3) is 1.28. The first kappa shape index (κ1) is 5.81. The van der Waals surface area contributed by atoms with Crippen molar-refractivity contribution in [3.8, 4) is 0 Å². The van der Waals surface area contributed by atoms with Gasteiger partial charge in [0.05, 0.1) is 5.56 Å². The van der Waals surface area contributed by atoms with Crippen LogP contribution < -0.4 is 0 Å². The van der Waals surface area contributed by atoms with Crippen molar-refractivity contribution in [2.45, 2.75) is 0 Å². The molecule has 0 aliphatic heterocycles. The number of aldehydes is 1. The predicted octanol–water partition coefficient (Wildman–Crippen LogP) is 0.428. The number of carbonyl (C=O) groups excluding carboxylic acids is 1. The summed E-state index contributed by atoms with van der Waals surface area (Å²) in [5.74, 6) is 0. The first-order valence-electron chi connectivity index (χ1n) is 2.25. The summed E-state index contributed by atoms with van der Waals surface area (Å²) in [5, 5.41) is 0. The fourth-order valence-electron chi connectivity index (χ4n) is 0.383. The Labute approximate surface area is 50.6 Å². The number of hydrogen-bond donors (Lipinski definition) is 0. The maximum absolute atomic E-state index is 11.9. The van der Waals surface area contributed by atoms with E-state index in [0.29, 0.717) is 6.29 Å². The molecule has 0 atom stereocenters. The van der Waals surface area contributed by atoms with Crippen molar-refractivity contribution >= 4 is 6.29 Å². The third-order valence-electron chi connectivity index (χ3n) is 0.776. The van der Waals surface area contributed by atoms with E-state index in [9.17, 15) is 9.18 Å². The number of nitrogens with zero attached hydrogens (tertiary/aromatic N) is 2. The summed E-state index contributed by atoms with van der Waals surface area (Å²) in [6.07, 6.45) is 1.98.